The maximum Gasteiger partial charge on any atom is 0.118 e. The van der Waals surface area contributed by atoms with Gasteiger partial charge in [-0.3, -0.25) is 4.90 Å². The molecule has 0 aliphatic carbocycles. The quantitative estimate of drug-likeness (QED) is 0.521. The van der Waals surface area contributed by atoms with E-state index in [1.165, 1.54) is 16.8 Å². The van der Waals surface area contributed by atoms with E-state index in [0.29, 0.717) is 0 Å². The Morgan fingerprint density at radius 1 is 0.923 bits per heavy atom. The van der Waals surface area contributed by atoms with Crippen LogP contribution in [0.15, 0.2) is 85.6 Å². The molecule has 1 aromatic heterocycles. The predicted octanol–water partition coefficient (Wildman–Crippen LogP) is 4.73. The van der Waals surface area contributed by atoms with Gasteiger partial charge in [-0.05, 0) is 35.4 Å². The predicted molar refractivity (Wildman–Crippen MR) is 107 cm³/mol. The highest BCUT2D eigenvalue weighted by Crippen LogP contribution is 2.16. The largest absolute Gasteiger partial charge is 0.497 e. The average molecular weight is 346 g/mol. The number of hydrogen-bond donors (Lipinski definition) is 0. The third-order valence-corrected chi connectivity index (χ3v) is 4.46. The molecule has 0 saturated carbocycles. The Morgan fingerprint density at radius 3 is 2.38 bits per heavy atom. The van der Waals surface area contributed by atoms with Crippen molar-refractivity contribution in [3.8, 4) is 5.75 Å². The number of nitrogens with zero attached hydrogens (tertiary/aromatic N) is 2. The monoisotopic (exact) mass is 346 g/mol. The fraction of sp³-hybridized carbons (Fsp3) is 0.217. The lowest BCUT2D eigenvalue weighted by atomic mass is 10.2. The molecule has 0 saturated heterocycles. The smallest absolute Gasteiger partial charge is 0.118 e. The summed E-state index contributed by atoms with van der Waals surface area (Å²) < 4.78 is 7.56. The highest BCUT2D eigenvalue weighted by molar-refractivity contribution is 5.27. The van der Waals surface area contributed by atoms with Gasteiger partial charge in [0.15, 0.2) is 0 Å². The lowest BCUT2D eigenvalue weighted by Gasteiger charge is -2.22. The minimum absolute atomic E-state index is 0.850. The van der Waals surface area contributed by atoms with Crippen LogP contribution in [0.1, 0.15) is 16.8 Å². The van der Waals surface area contributed by atoms with Gasteiger partial charge in [0.25, 0.3) is 0 Å². The van der Waals surface area contributed by atoms with Crippen LogP contribution in [-0.4, -0.2) is 23.1 Å². The van der Waals surface area contributed by atoms with E-state index in [1.807, 2.05) is 18.2 Å². The molecule has 0 N–H and O–H groups in total. The second-order valence-corrected chi connectivity index (χ2v) is 6.42. The first-order valence-corrected chi connectivity index (χ1v) is 8.92. The van der Waals surface area contributed by atoms with Gasteiger partial charge in [-0.15, -0.1) is 6.58 Å². The Morgan fingerprint density at radius 2 is 1.69 bits per heavy atom. The van der Waals surface area contributed by atoms with E-state index in [2.05, 4.69) is 76.8 Å². The summed E-state index contributed by atoms with van der Waals surface area (Å²) in [4.78, 5) is 2.39. The molecule has 0 aliphatic heterocycles. The molecule has 0 radical (unpaired) electrons. The zero-order valence-corrected chi connectivity index (χ0v) is 15.3. The van der Waals surface area contributed by atoms with Gasteiger partial charge >= 0.3 is 0 Å². The Kier molecular flexibility index (Phi) is 6.29. The van der Waals surface area contributed by atoms with E-state index in [1.54, 1.807) is 7.11 Å². The average Bonchev–Trinajstić information content (AvgIpc) is 3.10. The normalized spacial score (nSPS) is 10.8. The van der Waals surface area contributed by atoms with Crippen LogP contribution in [0.3, 0.4) is 0 Å². The van der Waals surface area contributed by atoms with E-state index in [-0.39, 0.29) is 0 Å². The molecular weight excluding hydrogens is 320 g/mol. The third kappa shape index (κ3) is 4.87. The van der Waals surface area contributed by atoms with Gasteiger partial charge in [-0.1, -0.05) is 48.5 Å². The fourth-order valence-electron chi connectivity index (χ4n) is 3.11. The van der Waals surface area contributed by atoms with Crippen molar-refractivity contribution < 1.29 is 4.74 Å². The summed E-state index contributed by atoms with van der Waals surface area (Å²) in [5.74, 6) is 0.890. The van der Waals surface area contributed by atoms with E-state index in [9.17, 15) is 0 Å². The molecular formula is C23H26N2O. The second-order valence-electron chi connectivity index (χ2n) is 6.42. The van der Waals surface area contributed by atoms with Crippen molar-refractivity contribution in [1.29, 1.82) is 0 Å². The summed E-state index contributed by atoms with van der Waals surface area (Å²) in [7, 11) is 1.69. The van der Waals surface area contributed by atoms with Crippen LogP contribution >= 0.6 is 0 Å². The fourth-order valence-corrected chi connectivity index (χ4v) is 3.11. The number of aromatic nitrogens is 1. The van der Waals surface area contributed by atoms with Crippen LogP contribution in [0.2, 0.25) is 0 Å². The van der Waals surface area contributed by atoms with Gasteiger partial charge in [-0.25, -0.2) is 0 Å². The number of ether oxygens (including phenoxy) is 1. The van der Waals surface area contributed by atoms with Crippen LogP contribution in [0.5, 0.6) is 5.75 Å². The number of benzene rings is 2. The summed E-state index contributed by atoms with van der Waals surface area (Å²) in [6, 6.07) is 23.2. The standard InChI is InChI=1S/C23H26N2O/c1-3-15-24(17-21-11-13-23(26-2)14-12-21)19-22-10-7-16-25(22)18-20-8-5-4-6-9-20/h3-14,16H,1,15,17-19H2,2H3. The van der Waals surface area contributed by atoms with Crippen molar-refractivity contribution in [2.45, 2.75) is 19.6 Å². The molecule has 26 heavy (non-hydrogen) atoms. The Balaban J connectivity index is 1.69. The van der Waals surface area contributed by atoms with Gasteiger partial charge in [0, 0.05) is 38.1 Å². The Hall–Kier alpha value is -2.78. The van der Waals surface area contributed by atoms with Crippen molar-refractivity contribution in [3.63, 3.8) is 0 Å². The van der Waals surface area contributed by atoms with Gasteiger partial charge in [0.1, 0.15) is 5.75 Å². The van der Waals surface area contributed by atoms with Crippen LogP contribution in [-0.2, 0) is 19.6 Å². The molecule has 0 amide bonds. The van der Waals surface area contributed by atoms with Crippen molar-refractivity contribution in [3.05, 3.63) is 102 Å². The molecule has 134 valence electrons. The highest BCUT2D eigenvalue weighted by atomic mass is 16.5. The Labute approximate surface area is 156 Å². The summed E-state index contributed by atoms with van der Waals surface area (Å²) in [6.07, 6.45) is 4.12. The summed E-state index contributed by atoms with van der Waals surface area (Å²) in [5.41, 5.74) is 3.90. The van der Waals surface area contributed by atoms with Crippen molar-refractivity contribution in [2.75, 3.05) is 13.7 Å². The second kappa shape index (κ2) is 9.07. The highest BCUT2D eigenvalue weighted by Gasteiger charge is 2.09. The molecule has 3 nitrogen and oxygen atoms in total. The molecule has 2 aromatic carbocycles. The molecule has 0 unspecified atom stereocenters. The van der Waals surface area contributed by atoms with Crippen molar-refractivity contribution >= 4 is 0 Å². The molecule has 1 heterocycles. The number of rotatable bonds is 9. The molecule has 0 atom stereocenters. The van der Waals surface area contributed by atoms with Gasteiger partial charge < -0.3 is 9.30 Å². The van der Waals surface area contributed by atoms with Gasteiger partial charge in [-0.2, -0.15) is 0 Å². The minimum Gasteiger partial charge on any atom is -0.497 e. The molecule has 0 spiro atoms. The molecule has 0 bridgehead atoms. The molecule has 3 aromatic rings. The van der Waals surface area contributed by atoms with Crippen molar-refractivity contribution in [2.24, 2.45) is 0 Å². The molecule has 0 fully saturated rings. The van der Waals surface area contributed by atoms with Gasteiger partial charge in [0.05, 0.1) is 7.11 Å². The lowest BCUT2D eigenvalue weighted by molar-refractivity contribution is 0.278. The maximum absolute atomic E-state index is 5.25. The first kappa shape index (κ1) is 18.0. The van der Waals surface area contributed by atoms with E-state index < -0.39 is 0 Å². The first-order valence-electron chi connectivity index (χ1n) is 8.92. The zero-order valence-electron chi connectivity index (χ0n) is 15.3. The Bertz CT molecular complexity index is 806. The SMILES string of the molecule is C=CCN(Cc1ccc(OC)cc1)Cc1cccn1Cc1ccccc1. The molecule has 3 rings (SSSR count). The summed E-state index contributed by atoms with van der Waals surface area (Å²) >= 11 is 0. The van der Waals surface area contributed by atoms with Crippen LogP contribution in [0.25, 0.3) is 0 Å². The van der Waals surface area contributed by atoms with Crippen LogP contribution in [0.4, 0.5) is 0 Å². The van der Waals surface area contributed by atoms with Crippen LogP contribution in [0, 0.1) is 0 Å². The molecule has 0 aliphatic rings. The minimum atomic E-state index is 0.850. The summed E-state index contributed by atoms with van der Waals surface area (Å²) in [6.45, 7) is 7.43. The van der Waals surface area contributed by atoms with Gasteiger partial charge in [0.2, 0.25) is 0 Å². The topological polar surface area (TPSA) is 17.4 Å². The number of hydrogen-bond acceptors (Lipinski definition) is 2. The first-order chi connectivity index (χ1) is 12.8. The molecule has 3 heteroatoms. The van der Waals surface area contributed by atoms with E-state index in [4.69, 9.17) is 4.74 Å². The van der Waals surface area contributed by atoms with E-state index >= 15 is 0 Å². The summed E-state index contributed by atoms with van der Waals surface area (Å²) in [5, 5.41) is 0. The lowest BCUT2D eigenvalue weighted by Crippen LogP contribution is -2.24. The third-order valence-electron chi connectivity index (χ3n) is 4.46. The van der Waals surface area contributed by atoms with Crippen molar-refractivity contribution in [1.82, 2.24) is 9.47 Å². The van der Waals surface area contributed by atoms with E-state index in [0.717, 1.165) is 31.9 Å². The maximum atomic E-state index is 5.25. The number of methoxy groups -OCH3 is 1. The zero-order chi connectivity index (χ0) is 18.2. The van der Waals surface area contributed by atoms with Crippen LogP contribution < -0.4 is 4.74 Å².